The Labute approximate surface area is 231 Å². The summed E-state index contributed by atoms with van der Waals surface area (Å²) in [7, 11) is 0. The zero-order valence-electron chi connectivity index (χ0n) is 23.0. The molecule has 3 rings (SSSR count). The van der Waals surface area contributed by atoms with Crippen molar-refractivity contribution in [3.8, 4) is 5.75 Å². The molecule has 0 spiro atoms. The Morgan fingerprint density at radius 1 is 1.00 bits per heavy atom. The molecule has 0 fully saturated rings. The van der Waals surface area contributed by atoms with E-state index < -0.39 is 36.2 Å². The number of fused-ring (bicyclic) bond motifs is 1. The monoisotopic (exact) mass is 581 g/mol. The second kappa shape index (κ2) is 11.9. The average Bonchev–Trinajstić information content (AvgIpc) is 3.19. The lowest BCUT2D eigenvalue weighted by atomic mass is 10.2. The molecule has 39 heavy (non-hydrogen) atoms. The van der Waals surface area contributed by atoms with E-state index in [1.807, 2.05) is 0 Å². The number of imidazole rings is 1. The zero-order valence-corrected chi connectivity index (χ0v) is 24.6. The summed E-state index contributed by atoms with van der Waals surface area (Å²) < 4.78 is 36.2. The molecule has 1 aromatic carbocycles. The van der Waals surface area contributed by atoms with Crippen LogP contribution in [0.5, 0.6) is 5.75 Å². The van der Waals surface area contributed by atoms with Gasteiger partial charge >= 0.3 is 18.9 Å². The van der Waals surface area contributed by atoms with Gasteiger partial charge in [-0.15, -0.1) is 0 Å². The van der Waals surface area contributed by atoms with E-state index in [2.05, 4.69) is 15.0 Å². The van der Waals surface area contributed by atoms with Crippen LogP contribution in [0.15, 0.2) is 43.0 Å². The molecule has 12 nitrogen and oxygen atoms in total. The van der Waals surface area contributed by atoms with E-state index >= 15 is 0 Å². The first kappa shape index (κ1) is 30.3. The van der Waals surface area contributed by atoms with Gasteiger partial charge in [-0.05, 0) is 71.8 Å². The third-order valence-electron chi connectivity index (χ3n) is 4.70. The number of rotatable bonds is 8. The van der Waals surface area contributed by atoms with Crippen LogP contribution in [0.4, 0.5) is 15.4 Å². The smallest absolute Gasteiger partial charge is 0.425 e. The van der Waals surface area contributed by atoms with Gasteiger partial charge in [0.2, 0.25) is 0 Å². The summed E-state index contributed by atoms with van der Waals surface area (Å²) in [5.74, 6) is 0.272. The third kappa shape index (κ3) is 8.91. The number of anilines is 1. The van der Waals surface area contributed by atoms with Crippen LogP contribution in [-0.2, 0) is 25.3 Å². The van der Waals surface area contributed by atoms with Gasteiger partial charge in [0.05, 0.1) is 19.0 Å². The molecule has 0 bridgehead atoms. The predicted molar refractivity (Wildman–Crippen MR) is 146 cm³/mol. The van der Waals surface area contributed by atoms with Gasteiger partial charge in [0, 0.05) is 0 Å². The molecule has 212 valence electrons. The summed E-state index contributed by atoms with van der Waals surface area (Å²) >= 11 is 6.07. The van der Waals surface area contributed by atoms with Crippen molar-refractivity contribution >= 4 is 47.1 Å². The maximum Gasteiger partial charge on any atom is 0.425 e. The number of carbonyl (C=O) groups excluding carboxylic acids is 2. The summed E-state index contributed by atoms with van der Waals surface area (Å²) in [4.78, 5) is 39.6. The molecule has 0 saturated heterocycles. The predicted octanol–water partition coefficient (Wildman–Crippen LogP) is 6.38. The van der Waals surface area contributed by atoms with E-state index in [0.717, 1.165) is 0 Å². The molecule has 3 aromatic rings. The molecule has 2 amide bonds. The number of imide groups is 1. The molecule has 1 unspecified atom stereocenters. The second-order valence-electron chi connectivity index (χ2n) is 10.7. The largest absolute Gasteiger partial charge is 0.443 e. The van der Waals surface area contributed by atoms with Gasteiger partial charge < -0.3 is 23.3 Å². The van der Waals surface area contributed by atoms with Gasteiger partial charge in [-0.2, -0.15) is 4.90 Å². The summed E-state index contributed by atoms with van der Waals surface area (Å²) in [6, 6.07) is 8.57. The van der Waals surface area contributed by atoms with Crippen molar-refractivity contribution in [3.63, 3.8) is 0 Å². The minimum Gasteiger partial charge on any atom is -0.443 e. The highest BCUT2D eigenvalue weighted by Gasteiger charge is 2.35. The quantitative estimate of drug-likeness (QED) is 0.276. The second-order valence-corrected chi connectivity index (χ2v) is 13.8. The molecule has 2 aromatic heterocycles. The molecule has 0 aliphatic heterocycles. The molecule has 14 heteroatoms. The Balaban J connectivity index is 1.81. The van der Waals surface area contributed by atoms with Crippen molar-refractivity contribution in [2.24, 2.45) is 0 Å². The minimum atomic E-state index is -3.59. The van der Waals surface area contributed by atoms with E-state index in [-0.39, 0.29) is 24.2 Å². The van der Waals surface area contributed by atoms with Gasteiger partial charge in [0.25, 0.3) is 0 Å². The Morgan fingerprint density at radius 3 is 2.15 bits per heavy atom. The average molecular weight is 582 g/mol. The summed E-state index contributed by atoms with van der Waals surface area (Å²) in [6.07, 6.45) is -0.100. The number of hydrogen-bond donors (Lipinski definition) is 0. The molecule has 0 radical (unpaired) electrons. The topological polar surface area (TPSA) is 135 Å². The third-order valence-corrected chi connectivity index (χ3v) is 6.14. The van der Waals surface area contributed by atoms with Crippen LogP contribution in [0.3, 0.4) is 0 Å². The number of amides is 2. The number of benzene rings is 1. The molecule has 0 aliphatic carbocycles. The first-order valence-electron chi connectivity index (χ1n) is 12.1. The molecule has 2 atom stereocenters. The summed E-state index contributed by atoms with van der Waals surface area (Å²) in [5, 5.41) is 0. The Morgan fingerprint density at radius 2 is 1.59 bits per heavy atom. The van der Waals surface area contributed by atoms with Crippen molar-refractivity contribution in [2.75, 3.05) is 11.2 Å². The molecule has 2 heterocycles. The SMILES string of the molecule is C[C@H](Cn1cnc2c(N(C(=O)OC(C)(C)C)C(=O)OC(C)(C)C)ncnc21)OCP(=O)(Cl)Oc1ccccc1. The van der Waals surface area contributed by atoms with Gasteiger partial charge in [-0.3, -0.25) is 4.57 Å². The summed E-state index contributed by atoms with van der Waals surface area (Å²) in [5.41, 5.74) is -1.29. The normalized spacial score (nSPS) is 14.4. The molecular formula is C25H33ClN5O7P. The first-order valence-corrected chi connectivity index (χ1v) is 14.8. The van der Waals surface area contributed by atoms with E-state index in [0.29, 0.717) is 16.3 Å². The van der Waals surface area contributed by atoms with Gasteiger partial charge in [0.1, 0.15) is 29.6 Å². The van der Waals surface area contributed by atoms with E-state index in [4.69, 9.17) is 30.0 Å². The Hall–Kier alpha value is -3.21. The minimum absolute atomic E-state index is 0.0997. The van der Waals surface area contributed by atoms with Gasteiger partial charge in [-0.1, -0.05) is 18.2 Å². The van der Waals surface area contributed by atoms with Crippen LogP contribution < -0.4 is 9.42 Å². The van der Waals surface area contributed by atoms with Gasteiger partial charge in [0.15, 0.2) is 17.0 Å². The van der Waals surface area contributed by atoms with Crippen LogP contribution in [0.1, 0.15) is 48.5 Å². The Kier molecular flexibility index (Phi) is 9.25. The highest BCUT2D eigenvalue weighted by molar-refractivity contribution is 7.85. The van der Waals surface area contributed by atoms with Gasteiger partial charge in [-0.25, -0.2) is 24.5 Å². The van der Waals surface area contributed by atoms with Crippen molar-refractivity contribution in [1.29, 1.82) is 0 Å². The zero-order chi connectivity index (χ0) is 29.0. The number of hydrogen-bond acceptors (Lipinski definition) is 10. The number of carbonyl (C=O) groups is 2. The van der Waals surface area contributed by atoms with Crippen LogP contribution >= 0.6 is 18.0 Å². The summed E-state index contributed by atoms with van der Waals surface area (Å²) in [6.45, 7) is 8.44. The van der Waals surface area contributed by atoms with E-state index in [9.17, 15) is 14.2 Å². The highest BCUT2D eigenvalue weighted by atomic mass is 35.7. The van der Waals surface area contributed by atoms with Crippen molar-refractivity contribution in [3.05, 3.63) is 43.0 Å². The van der Waals surface area contributed by atoms with Crippen molar-refractivity contribution < 1.29 is 32.9 Å². The number of para-hydroxylation sites is 1. The van der Waals surface area contributed by atoms with Crippen molar-refractivity contribution in [1.82, 2.24) is 19.5 Å². The molecule has 0 saturated carbocycles. The fraction of sp³-hybridized carbons (Fsp3) is 0.480. The Bertz CT molecular complexity index is 1330. The lowest BCUT2D eigenvalue weighted by molar-refractivity contribution is 0.0429. The number of aromatic nitrogens is 4. The standard InChI is InChI=1S/C25H33ClN5O7P/c1-17(35-16-39(26,34)38-18-11-9-8-10-12-18)13-30-15-29-19-20(30)27-14-28-21(19)31(22(32)36-24(2,3)4)23(33)37-25(5,6)7/h8-12,14-15,17H,13,16H2,1-7H3/t17-,39?/m1/s1. The number of ether oxygens (including phenoxy) is 3. The van der Waals surface area contributed by atoms with Crippen LogP contribution in [-0.4, -0.2) is 55.4 Å². The maximum atomic E-state index is 13.1. The fourth-order valence-electron chi connectivity index (χ4n) is 3.24. The lowest BCUT2D eigenvalue weighted by Crippen LogP contribution is -2.44. The number of halogens is 1. The first-order chi connectivity index (χ1) is 18.0. The highest BCUT2D eigenvalue weighted by Crippen LogP contribution is 2.52. The van der Waals surface area contributed by atoms with Crippen molar-refractivity contribution in [2.45, 2.75) is 72.3 Å². The van der Waals surface area contributed by atoms with Crippen LogP contribution in [0, 0.1) is 0 Å². The lowest BCUT2D eigenvalue weighted by Gasteiger charge is -2.28. The van der Waals surface area contributed by atoms with Crippen LogP contribution in [0.25, 0.3) is 11.2 Å². The van der Waals surface area contributed by atoms with E-state index in [1.165, 1.54) is 12.7 Å². The maximum absolute atomic E-state index is 13.1. The van der Waals surface area contributed by atoms with E-state index in [1.54, 1.807) is 83.4 Å². The number of nitrogens with zero attached hydrogens (tertiary/aromatic N) is 5. The molecule has 0 aliphatic rings. The van der Waals surface area contributed by atoms with Crippen LogP contribution in [0.2, 0.25) is 0 Å². The molecular weight excluding hydrogens is 549 g/mol. The fourth-order valence-corrected chi connectivity index (χ4v) is 4.57. The molecule has 0 N–H and O–H groups in total.